The summed E-state index contributed by atoms with van der Waals surface area (Å²) >= 11 is 0. The van der Waals surface area contributed by atoms with Crippen LogP contribution in [-0.2, 0) is 38.6 Å². The van der Waals surface area contributed by atoms with E-state index in [2.05, 4.69) is 0 Å². The van der Waals surface area contributed by atoms with Gasteiger partial charge in [0.1, 0.15) is 36.4 Å². The Bertz CT molecular complexity index is 1290. The van der Waals surface area contributed by atoms with Crippen molar-refractivity contribution in [3.8, 4) is 5.75 Å². The van der Waals surface area contributed by atoms with Gasteiger partial charge in [-0.25, -0.2) is 22.8 Å². The van der Waals surface area contributed by atoms with Crippen LogP contribution in [0.4, 0.5) is 18.0 Å². The molecule has 1 N–H and O–H groups in total. The van der Waals surface area contributed by atoms with Crippen LogP contribution in [0.1, 0.15) is 36.5 Å². The van der Waals surface area contributed by atoms with Crippen molar-refractivity contribution in [2.45, 2.75) is 45.5 Å². The van der Waals surface area contributed by atoms with Crippen molar-refractivity contribution in [1.29, 1.82) is 0 Å². The van der Waals surface area contributed by atoms with Gasteiger partial charge < -0.3 is 29.0 Å². The van der Waals surface area contributed by atoms with E-state index in [1.54, 1.807) is 43.3 Å². The van der Waals surface area contributed by atoms with Crippen molar-refractivity contribution in [2.24, 2.45) is 0 Å². The minimum atomic E-state index is -1.03. The Morgan fingerprint density at radius 2 is 1.53 bits per heavy atom. The molecule has 0 fully saturated rings. The Morgan fingerprint density at radius 1 is 0.837 bits per heavy atom. The quantitative estimate of drug-likeness (QED) is 0.174. The van der Waals surface area contributed by atoms with Gasteiger partial charge in [0.15, 0.2) is 6.10 Å². The molecule has 0 spiro atoms. The molecule has 3 rings (SSSR count). The lowest BCUT2D eigenvalue weighted by atomic mass is 10.1. The van der Waals surface area contributed by atoms with Crippen LogP contribution in [0.25, 0.3) is 0 Å². The van der Waals surface area contributed by atoms with Gasteiger partial charge in [-0.1, -0.05) is 24.3 Å². The van der Waals surface area contributed by atoms with Crippen LogP contribution in [-0.4, -0.2) is 61.1 Å². The zero-order valence-electron chi connectivity index (χ0n) is 24.0. The van der Waals surface area contributed by atoms with Crippen molar-refractivity contribution in [1.82, 2.24) is 4.90 Å². The molecule has 3 aromatic rings. The number of carboxylic acid groups (broad SMARTS) is 1. The van der Waals surface area contributed by atoms with Gasteiger partial charge in [-0.15, -0.1) is 0 Å². The lowest BCUT2D eigenvalue weighted by Crippen LogP contribution is -2.36. The first-order valence-electron chi connectivity index (χ1n) is 14.0. The van der Waals surface area contributed by atoms with Crippen LogP contribution < -0.4 is 4.74 Å². The number of ether oxygens (including phenoxy) is 4. The normalized spacial score (nSPS) is 11.6. The number of aliphatic carboxylic acids is 1. The van der Waals surface area contributed by atoms with Gasteiger partial charge in [-0.2, -0.15) is 0 Å². The molecule has 0 radical (unpaired) electrons. The fourth-order valence-electron chi connectivity index (χ4n) is 4.07. The van der Waals surface area contributed by atoms with Crippen LogP contribution >= 0.6 is 0 Å². The fraction of sp³-hybridized carbons (Fsp3) is 0.375. The van der Waals surface area contributed by atoms with Crippen LogP contribution in [0, 0.1) is 17.5 Å². The molecule has 0 aliphatic heterocycles. The molecule has 3 aromatic carbocycles. The van der Waals surface area contributed by atoms with Gasteiger partial charge in [-0.05, 0) is 67.3 Å². The number of carbonyl (C=O) groups is 2. The zero-order valence-corrected chi connectivity index (χ0v) is 24.0. The van der Waals surface area contributed by atoms with Crippen LogP contribution in [0.15, 0.2) is 66.7 Å². The topological polar surface area (TPSA) is 94.5 Å². The summed E-state index contributed by atoms with van der Waals surface area (Å²) in [4.78, 5) is 25.6. The number of rotatable bonds is 18. The summed E-state index contributed by atoms with van der Waals surface area (Å²) in [6.07, 6.45) is -0.175. The smallest absolute Gasteiger partial charge is 0.410 e. The molecule has 0 heterocycles. The van der Waals surface area contributed by atoms with Gasteiger partial charge >= 0.3 is 12.1 Å². The number of hydrogen-bond donors (Lipinski definition) is 1. The molecule has 1 amide bonds. The van der Waals surface area contributed by atoms with E-state index in [4.69, 9.17) is 18.9 Å². The molecule has 0 aromatic heterocycles. The fourth-order valence-corrected chi connectivity index (χ4v) is 4.07. The van der Waals surface area contributed by atoms with E-state index >= 15 is 0 Å². The third-order valence-corrected chi connectivity index (χ3v) is 6.39. The van der Waals surface area contributed by atoms with E-state index in [0.717, 1.165) is 23.3 Å². The van der Waals surface area contributed by atoms with Crippen LogP contribution in [0.2, 0.25) is 0 Å². The number of amides is 1. The molecular formula is C32H36F3NO7. The second-order valence-corrected chi connectivity index (χ2v) is 9.64. The van der Waals surface area contributed by atoms with Crippen molar-refractivity contribution < 1.29 is 46.8 Å². The van der Waals surface area contributed by atoms with Crippen LogP contribution in [0.3, 0.4) is 0 Å². The molecule has 0 aliphatic rings. The summed E-state index contributed by atoms with van der Waals surface area (Å²) in [5, 5.41) is 9.28. The molecule has 43 heavy (non-hydrogen) atoms. The standard InChI is InChI=1S/C32H36F3NO7/c1-2-41-30(31(37)38)19-23-7-13-28(14-8-23)42-18-16-36(32(39)43-22-25-9-12-27(34)20-29(25)35)15-3-4-17-40-21-24-5-10-26(33)11-6-24/h5-14,20,30H,2-4,15-19,21-22H2,1H3,(H,37,38). The van der Waals surface area contributed by atoms with Gasteiger partial charge in [0.25, 0.3) is 0 Å². The number of carbonyl (C=O) groups excluding carboxylic acids is 1. The summed E-state index contributed by atoms with van der Waals surface area (Å²) in [6, 6.07) is 16.0. The average Bonchev–Trinajstić information content (AvgIpc) is 2.98. The van der Waals surface area contributed by atoms with E-state index in [1.165, 1.54) is 23.1 Å². The molecule has 0 saturated heterocycles. The van der Waals surface area contributed by atoms with Crippen molar-refractivity contribution in [2.75, 3.05) is 32.9 Å². The largest absolute Gasteiger partial charge is 0.492 e. The molecule has 11 heteroatoms. The lowest BCUT2D eigenvalue weighted by Gasteiger charge is -2.22. The maximum atomic E-state index is 14.0. The Hall–Kier alpha value is -4.09. The number of hydrogen-bond acceptors (Lipinski definition) is 6. The van der Waals surface area contributed by atoms with Gasteiger partial charge in [0, 0.05) is 37.8 Å². The molecule has 0 aliphatic carbocycles. The van der Waals surface area contributed by atoms with Crippen molar-refractivity contribution in [3.63, 3.8) is 0 Å². The van der Waals surface area contributed by atoms with Gasteiger partial charge in [0.05, 0.1) is 13.2 Å². The van der Waals surface area contributed by atoms with E-state index in [0.29, 0.717) is 45.0 Å². The van der Waals surface area contributed by atoms with E-state index in [-0.39, 0.29) is 37.6 Å². The first kappa shape index (κ1) is 33.4. The number of nitrogens with zero attached hydrogens (tertiary/aromatic N) is 1. The molecule has 232 valence electrons. The second kappa shape index (κ2) is 17.8. The number of carboxylic acids is 1. The average molecular weight is 604 g/mol. The van der Waals surface area contributed by atoms with E-state index in [1.807, 2.05) is 0 Å². The Kier molecular flexibility index (Phi) is 13.8. The van der Waals surface area contributed by atoms with E-state index < -0.39 is 29.8 Å². The molecule has 0 saturated carbocycles. The Balaban J connectivity index is 1.49. The number of unbranched alkanes of at least 4 members (excludes halogenated alkanes) is 1. The third kappa shape index (κ3) is 12.0. The Labute approximate surface area is 248 Å². The molecule has 0 bridgehead atoms. The SMILES string of the molecule is CCOC(Cc1ccc(OCCN(CCCCOCc2ccc(F)cc2)C(=O)OCc2ccc(F)cc2F)cc1)C(=O)O. The number of benzene rings is 3. The summed E-state index contributed by atoms with van der Waals surface area (Å²) in [5.74, 6) is -2.35. The van der Waals surface area contributed by atoms with Crippen molar-refractivity contribution in [3.05, 3.63) is 101 Å². The van der Waals surface area contributed by atoms with Gasteiger partial charge in [-0.3, -0.25) is 0 Å². The predicted octanol–water partition coefficient (Wildman–Crippen LogP) is 6.15. The summed E-state index contributed by atoms with van der Waals surface area (Å²) < 4.78 is 62.2. The monoisotopic (exact) mass is 603 g/mol. The molecular weight excluding hydrogens is 567 g/mol. The van der Waals surface area contributed by atoms with E-state index in [9.17, 15) is 27.9 Å². The molecule has 1 atom stereocenters. The predicted molar refractivity (Wildman–Crippen MR) is 152 cm³/mol. The first-order valence-corrected chi connectivity index (χ1v) is 14.0. The summed E-state index contributed by atoms with van der Waals surface area (Å²) in [5.41, 5.74) is 1.67. The maximum Gasteiger partial charge on any atom is 0.410 e. The highest BCUT2D eigenvalue weighted by molar-refractivity contribution is 5.72. The second-order valence-electron chi connectivity index (χ2n) is 9.64. The van der Waals surface area contributed by atoms with Crippen molar-refractivity contribution >= 4 is 12.1 Å². The highest BCUT2D eigenvalue weighted by Crippen LogP contribution is 2.16. The Morgan fingerprint density at radius 3 is 2.21 bits per heavy atom. The molecule has 1 unspecified atom stereocenters. The minimum absolute atomic E-state index is 0.0507. The summed E-state index contributed by atoms with van der Waals surface area (Å²) in [7, 11) is 0. The van der Waals surface area contributed by atoms with Gasteiger partial charge in [0.2, 0.25) is 0 Å². The molecule has 8 nitrogen and oxygen atoms in total. The highest BCUT2D eigenvalue weighted by atomic mass is 19.1. The first-order chi connectivity index (χ1) is 20.7. The minimum Gasteiger partial charge on any atom is -0.492 e. The lowest BCUT2D eigenvalue weighted by molar-refractivity contribution is -0.149. The third-order valence-electron chi connectivity index (χ3n) is 6.39. The highest BCUT2D eigenvalue weighted by Gasteiger charge is 2.19. The summed E-state index contributed by atoms with van der Waals surface area (Å²) in [6.45, 7) is 3.06. The maximum absolute atomic E-state index is 14.0. The van der Waals surface area contributed by atoms with Crippen LogP contribution in [0.5, 0.6) is 5.75 Å². The zero-order chi connectivity index (χ0) is 31.0. The number of halogens is 3.